The third kappa shape index (κ3) is 7.37. The van der Waals surface area contributed by atoms with Crippen LogP contribution in [0.15, 0.2) is 0 Å². The molecule has 14 heavy (non-hydrogen) atoms. The summed E-state index contributed by atoms with van der Waals surface area (Å²) in [5.74, 6) is -0.0312. The molecule has 0 heterocycles. The van der Waals surface area contributed by atoms with Crippen LogP contribution in [0.25, 0.3) is 0 Å². The van der Waals surface area contributed by atoms with Gasteiger partial charge in [0.25, 0.3) is 0 Å². The quantitative estimate of drug-likeness (QED) is 0.520. The molecule has 0 radical (unpaired) electrons. The summed E-state index contributed by atoms with van der Waals surface area (Å²) >= 11 is 1.63. The first-order valence-electron chi connectivity index (χ1n) is 4.52. The molecule has 0 saturated heterocycles. The van der Waals surface area contributed by atoms with Gasteiger partial charge in [0, 0.05) is 0 Å². The van der Waals surface area contributed by atoms with Crippen molar-refractivity contribution in [3.8, 4) is 0 Å². The molecule has 6 heteroatoms. The summed E-state index contributed by atoms with van der Waals surface area (Å²) < 4.78 is 5.35. The highest BCUT2D eigenvalue weighted by molar-refractivity contribution is 7.98. The summed E-state index contributed by atoms with van der Waals surface area (Å²) in [6.45, 7) is 6.02. The van der Waals surface area contributed by atoms with Crippen molar-refractivity contribution in [1.29, 1.82) is 0 Å². The predicted molar refractivity (Wildman–Crippen MR) is 62.0 cm³/mol. The van der Waals surface area contributed by atoms with Gasteiger partial charge in [-0.3, -0.25) is 4.79 Å². The Labute approximate surface area is 90.5 Å². The van der Waals surface area contributed by atoms with Crippen molar-refractivity contribution in [3.63, 3.8) is 0 Å². The van der Waals surface area contributed by atoms with E-state index in [0.717, 1.165) is 5.75 Å². The molecule has 0 amide bonds. The van der Waals surface area contributed by atoms with Crippen LogP contribution in [0.5, 0.6) is 0 Å². The molecule has 0 bridgehead atoms. The van der Waals surface area contributed by atoms with Gasteiger partial charge in [-0.25, -0.2) is 5.48 Å². The molecule has 0 aliphatic heterocycles. The number of hydroxylamine groups is 1. The SMILES string of the molecule is CSCC[C@H](NO[Si](C)(C)C)C(=O)O. The minimum Gasteiger partial charge on any atom is -0.480 e. The van der Waals surface area contributed by atoms with Crippen LogP contribution in [0.4, 0.5) is 0 Å². The molecule has 0 spiro atoms. The third-order valence-corrected chi connectivity index (χ3v) is 2.79. The maximum atomic E-state index is 10.8. The van der Waals surface area contributed by atoms with Crippen LogP contribution in [0.1, 0.15) is 6.42 Å². The number of nitrogens with one attached hydrogen (secondary N) is 1. The molecule has 84 valence electrons. The molecular weight excluding hydrogens is 218 g/mol. The van der Waals surface area contributed by atoms with E-state index in [1.54, 1.807) is 11.8 Å². The lowest BCUT2D eigenvalue weighted by Gasteiger charge is -2.21. The predicted octanol–water partition coefficient (Wildman–Crippen LogP) is 1.55. The van der Waals surface area contributed by atoms with E-state index in [0.29, 0.717) is 6.42 Å². The summed E-state index contributed by atoms with van der Waals surface area (Å²) in [6, 6.07) is -0.589. The lowest BCUT2D eigenvalue weighted by atomic mass is 10.2. The van der Waals surface area contributed by atoms with Crippen LogP contribution < -0.4 is 5.48 Å². The highest BCUT2D eigenvalue weighted by Gasteiger charge is 2.21. The van der Waals surface area contributed by atoms with E-state index in [2.05, 4.69) is 5.48 Å². The van der Waals surface area contributed by atoms with Gasteiger partial charge in [0.1, 0.15) is 6.04 Å². The third-order valence-electron chi connectivity index (χ3n) is 1.42. The second kappa shape index (κ2) is 6.44. The van der Waals surface area contributed by atoms with Crippen molar-refractivity contribution in [2.24, 2.45) is 0 Å². The minimum absolute atomic E-state index is 0.584. The van der Waals surface area contributed by atoms with Gasteiger partial charge in [-0.05, 0) is 38.1 Å². The fourth-order valence-corrected chi connectivity index (χ4v) is 1.68. The second-order valence-electron chi connectivity index (χ2n) is 4.00. The van der Waals surface area contributed by atoms with Crippen LogP contribution in [0, 0.1) is 0 Å². The topological polar surface area (TPSA) is 58.6 Å². The highest BCUT2D eigenvalue weighted by Crippen LogP contribution is 2.04. The largest absolute Gasteiger partial charge is 0.480 e. The number of hydrogen-bond donors (Lipinski definition) is 2. The number of rotatable bonds is 7. The van der Waals surface area contributed by atoms with Crippen molar-refractivity contribution in [3.05, 3.63) is 0 Å². The van der Waals surface area contributed by atoms with E-state index in [9.17, 15) is 4.79 Å². The Bertz CT molecular complexity index is 184. The van der Waals surface area contributed by atoms with Crippen LogP contribution in [-0.4, -0.2) is 37.4 Å². The normalized spacial score (nSPS) is 14.0. The first kappa shape index (κ1) is 14.0. The summed E-state index contributed by atoms with van der Waals surface area (Å²) in [6.07, 6.45) is 2.54. The Kier molecular flexibility index (Phi) is 6.42. The van der Waals surface area contributed by atoms with Crippen molar-refractivity contribution in [2.45, 2.75) is 32.1 Å². The molecular formula is C8H19NO3SSi. The van der Waals surface area contributed by atoms with Crippen molar-refractivity contribution >= 4 is 26.0 Å². The number of carboxylic acid groups (broad SMARTS) is 1. The molecule has 0 aromatic heterocycles. The Morgan fingerprint density at radius 3 is 2.50 bits per heavy atom. The van der Waals surface area contributed by atoms with E-state index in [1.807, 2.05) is 25.9 Å². The highest BCUT2D eigenvalue weighted by atomic mass is 32.2. The van der Waals surface area contributed by atoms with Gasteiger partial charge in [0.05, 0.1) is 0 Å². The number of thioether (sulfide) groups is 1. The van der Waals surface area contributed by atoms with E-state index in [-0.39, 0.29) is 0 Å². The molecule has 0 unspecified atom stereocenters. The van der Waals surface area contributed by atoms with Crippen LogP contribution >= 0.6 is 11.8 Å². The first-order valence-corrected chi connectivity index (χ1v) is 9.32. The van der Waals surface area contributed by atoms with E-state index in [1.165, 1.54) is 0 Å². The molecule has 1 atom stereocenters. The zero-order valence-electron chi connectivity index (χ0n) is 9.16. The van der Waals surface area contributed by atoms with Gasteiger partial charge in [0.15, 0.2) is 0 Å². The molecule has 0 fully saturated rings. The average molecular weight is 237 g/mol. The molecule has 0 rings (SSSR count). The lowest BCUT2D eigenvalue weighted by molar-refractivity contribution is -0.141. The first-order chi connectivity index (χ1) is 6.37. The monoisotopic (exact) mass is 237 g/mol. The standard InChI is InChI=1S/C8H19NO3SSi/c1-13-6-5-7(8(10)11)9-12-14(2,3)4/h7,9H,5-6H2,1-4H3,(H,10,11)/t7-/m0/s1. The van der Waals surface area contributed by atoms with Crippen LogP contribution in [0.2, 0.25) is 19.6 Å². The Balaban J connectivity index is 3.91. The number of carboxylic acids is 1. The lowest BCUT2D eigenvalue weighted by Crippen LogP contribution is -2.43. The molecule has 0 aliphatic carbocycles. The summed E-state index contributed by atoms with van der Waals surface area (Å²) in [4.78, 5) is 10.8. The maximum Gasteiger partial charge on any atom is 0.323 e. The van der Waals surface area contributed by atoms with Crippen molar-refractivity contribution in [2.75, 3.05) is 12.0 Å². The van der Waals surface area contributed by atoms with Gasteiger partial charge < -0.3 is 9.63 Å². The molecule has 4 nitrogen and oxygen atoms in total. The maximum absolute atomic E-state index is 10.8. The smallest absolute Gasteiger partial charge is 0.323 e. The Hall–Kier alpha value is -0.0431. The Morgan fingerprint density at radius 2 is 2.14 bits per heavy atom. The Morgan fingerprint density at radius 1 is 1.57 bits per heavy atom. The van der Waals surface area contributed by atoms with Gasteiger partial charge in [-0.15, -0.1) is 0 Å². The van der Waals surface area contributed by atoms with E-state index < -0.39 is 20.3 Å². The summed E-state index contributed by atoms with van der Waals surface area (Å²) in [7, 11) is -1.69. The zero-order chi connectivity index (χ0) is 11.2. The van der Waals surface area contributed by atoms with E-state index in [4.69, 9.17) is 9.63 Å². The van der Waals surface area contributed by atoms with Crippen LogP contribution in [0.3, 0.4) is 0 Å². The fourth-order valence-electron chi connectivity index (χ4n) is 0.716. The molecule has 2 N–H and O–H groups in total. The minimum atomic E-state index is -1.69. The number of aliphatic carboxylic acids is 1. The average Bonchev–Trinajstić information content (AvgIpc) is 2.01. The molecule has 0 aromatic rings. The number of carbonyl (C=O) groups is 1. The van der Waals surface area contributed by atoms with Crippen molar-refractivity contribution in [1.82, 2.24) is 5.48 Å². The van der Waals surface area contributed by atoms with Crippen molar-refractivity contribution < 1.29 is 14.4 Å². The fraction of sp³-hybridized carbons (Fsp3) is 0.875. The van der Waals surface area contributed by atoms with Crippen LogP contribution in [-0.2, 0) is 9.32 Å². The summed E-state index contributed by atoms with van der Waals surface area (Å²) in [5, 5.41) is 8.86. The summed E-state index contributed by atoms with van der Waals surface area (Å²) in [5.41, 5.74) is 2.64. The van der Waals surface area contributed by atoms with Gasteiger partial charge in [0.2, 0.25) is 8.32 Å². The molecule has 0 aromatic carbocycles. The number of hydrogen-bond acceptors (Lipinski definition) is 4. The zero-order valence-corrected chi connectivity index (χ0v) is 11.0. The van der Waals surface area contributed by atoms with Gasteiger partial charge >= 0.3 is 5.97 Å². The molecule has 0 aliphatic rings. The van der Waals surface area contributed by atoms with Gasteiger partial charge in [-0.2, -0.15) is 11.8 Å². The van der Waals surface area contributed by atoms with E-state index >= 15 is 0 Å². The van der Waals surface area contributed by atoms with Gasteiger partial charge in [-0.1, -0.05) is 0 Å². The molecule has 0 saturated carbocycles. The second-order valence-corrected chi connectivity index (χ2v) is 9.42.